The quantitative estimate of drug-likeness (QED) is 0.864. The molecule has 0 saturated carbocycles. The van der Waals surface area contributed by atoms with Gasteiger partial charge >= 0.3 is 0 Å². The normalized spacial score (nSPS) is 15.7. The Morgan fingerprint density at radius 1 is 0.955 bits per heavy atom. The molecule has 1 saturated heterocycles. The van der Waals surface area contributed by atoms with Crippen molar-refractivity contribution in [3.05, 3.63) is 54.1 Å². The number of nitrogens with zero attached hydrogens (tertiary/aromatic N) is 3. The largest absolute Gasteiger partial charge is 0.378 e. The molecule has 0 N–H and O–H groups in total. The summed E-state index contributed by atoms with van der Waals surface area (Å²) in [7, 11) is 4.15. The summed E-state index contributed by atoms with van der Waals surface area (Å²) in [6.45, 7) is 5.11. The van der Waals surface area contributed by atoms with Gasteiger partial charge in [0.15, 0.2) is 0 Å². The van der Waals surface area contributed by atoms with Gasteiger partial charge in [0.05, 0.1) is 0 Å². The Morgan fingerprint density at radius 3 is 2.32 bits per heavy atom. The third-order valence-corrected chi connectivity index (χ3v) is 4.25. The van der Waals surface area contributed by atoms with Gasteiger partial charge in [0, 0.05) is 52.5 Å². The minimum absolute atomic E-state index is 0.972. The molecule has 0 spiro atoms. The van der Waals surface area contributed by atoms with Crippen LogP contribution in [0, 0.1) is 0 Å². The van der Waals surface area contributed by atoms with E-state index in [1.807, 2.05) is 0 Å². The second kappa shape index (κ2) is 6.95. The first-order chi connectivity index (χ1) is 10.7. The maximum absolute atomic E-state index is 4.43. The van der Waals surface area contributed by atoms with E-state index in [1.54, 1.807) is 0 Å². The predicted octanol–water partition coefficient (Wildman–Crippen LogP) is 2.84. The Labute approximate surface area is 133 Å². The van der Waals surface area contributed by atoms with Gasteiger partial charge in [0.1, 0.15) is 0 Å². The maximum Gasteiger partial charge on any atom is 0.0361 e. The van der Waals surface area contributed by atoms with Gasteiger partial charge in [-0.2, -0.15) is 0 Å². The lowest BCUT2D eigenvalue weighted by molar-refractivity contribution is 0.231. The molecule has 1 heterocycles. The fourth-order valence-electron chi connectivity index (χ4n) is 2.93. The maximum atomic E-state index is 4.43. The van der Waals surface area contributed by atoms with Gasteiger partial charge in [-0.3, -0.25) is 4.90 Å². The van der Waals surface area contributed by atoms with E-state index < -0.39 is 0 Å². The molecule has 1 fully saturated rings. The van der Waals surface area contributed by atoms with E-state index >= 15 is 0 Å². The summed E-state index contributed by atoms with van der Waals surface area (Å²) in [6, 6.07) is 17.6. The molecule has 1 radical (unpaired) electrons. The van der Waals surface area contributed by atoms with Gasteiger partial charge in [-0.25, -0.2) is 5.32 Å². The van der Waals surface area contributed by atoms with Crippen molar-refractivity contribution in [3.63, 3.8) is 0 Å². The lowest BCUT2D eigenvalue weighted by atomic mass is 9.99. The van der Waals surface area contributed by atoms with Crippen LogP contribution < -0.4 is 10.2 Å². The zero-order valence-electron chi connectivity index (χ0n) is 13.5. The first kappa shape index (κ1) is 15.1. The molecule has 1 aliphatic rings. The van der Waals surface area contributed by atoms with Crippen LogP contribution in [0.5, 0.6) is 0 Å². The standard InChI is InChI=1S/C19H24N3/c1-21(2)18-9-7-16(8-10-18)19-6-4-3-5-17(19)15-22-13-11-20-12-14-22/h3-10H,11-15H2,1-2H3. The molecule has 1 aliphatic heterocycles. The molecular weight excluding hydrogens is 270 g/mol. The highest BCUT2D eigenvalue weighted by atomic mass is 15.2. The number of hydrogen-bond donors (Lipinski definition) is 0. The summed E-state index contributed by atoms with van der Waals surface area (Å²) in [5, 5.41) is 4.43. The zero-order chi connectivity index (χ0) is 15.4. The van der Waals surface area contributed by atoms with Gasteiger partial charge < -0.3 is 4.90 Å². The summed E-state index contributed by atoms with van der Waals surface area (Å²) in [6.07, 6.45) is 0. The van der Waals surface area contributed by atoms with Crippen LogP contribution in [0.3, 0.4) is 0 Å². The first-order valence-electron chi connectivity index (χ1n) is 7.95. The molecule has 0 amide bonds. The molecule has 0 aliphatic carbocycles. The summed E-state index contributed by atoms with van der Waals surface area (Å²) in [4.78, 5) is 4.63. The van der Waals surface area contributed by atoms with Crippen molar-refractivity contribution in [2.75, 3.05) is 45.2 Å². The predicted molar refractivity (Wildman–Crippen MR) is 93.4 cm³/mol. The van der Waals surface area contributed by atoms with Crippen LogP contribution in [0.15, 0.2) is 48.5 Å². The van der Waals surface area contributed by atoms with E-state index in [4.69, 9.17) is 0 Å². The Kier molecular flexibility index (Phi) is 4.76. The number of rotatable bonds is 4. The van der Waals surface area contributed by atoms with E-state index in [2.05, 4.69) is 77.7 Å². The fraction of sp³-hybridized carbons (Fsp3) is 0.368. The van der Waals surface area contributed by atoms with E-state index in [0.717, 1.165) is 32.7 Å². The fourth-order valence-corrected chi connectivity index (χ4v) is 2.93. The molecule has 2 aromatic carbocycles. The van der Waals surface area contributed by atoms with Crippen LogP contribution in [0.4, 0.5) is 5.69 Å². The van der Waals surface area contributed by atoms with E-state index in [-0.39, 0.29) is 0 Å². The van der Waals surface area contributed by atoms with E-state index in [9.17, 15) is 0 Å². The van der Waals surface area contributed by atoms with Gasteiger partial charge in [-0.1, -0.05) is 36.4 Å². The Bertz CT molecular complexity index is 598. The lowest BCUT2D eigenvalue weighted by Gasteiger charge is -2.27. The third-order valence-electron chi connectivity index (χ3n) is 4.25. The average molecular weight is 294 g/mol. The van der Waals surface area contributed by atoms with Crippen molar-refractivity contribution in [2.45, 2.75) is 6.54 Å². The van der Waals surface area contributed by atoms with Gasteiger partial charge in [-0.05, 0) is 28.8 Å². The molecular formula is C19H24N3. The molecule has 3 heteroatoms. The van der Waals surface area contributed by atoms with Crippen LogP contribution in [0.1, 0.15) is 5.56 Å². The first-order valence-corrected chi connectivity index (χ1v) is 7.95. The molecule has 3 nitrogen and oxygen atoms in total. The van der Waals surface area contributed by atoms with Crippen molar-refractivity contribution in [1.82, 2.24) is 10.2 Å². The monoisotopic (exact) mass is 294 g/mol. The van der Waals surface area contributed by atoms with Crippen LogP contribution >= 0.6 is 0 Å². The number of piperazine rings is 1. The van der Waals surface area contributed by atoms with Gasteiger partial charge in [0.2, 0.25) is 0 Å². The Morgan fingerprint density at radius 2 is 1.64 bits per heavy atom. The summed E-state index contributed by atoms with van der Waals surface area (Å²) < 4.78 is 0. The Hall–Kier alpha value is -1.84. The zero-order valence-corrected chi connectivity index (χ0v) is 13.5. The highest BCUT2D eigenvalue weighted by Gasteiger charge is 2.13. The second-order valence-electron chi connectivity index (χ2n) is 6.05. The molecule has 115 valence electrons. The smallest absolute Gasteiger partial charge is 0.0361 e. The lowest BCUT2D eigenvalue weighted by Crippen LogP contribution is -2.39. The van der Waals surface area contributed by atoms with Crippen molar-refractivity contribution < 1.29 is 0 Å². The van der Waals surface area contributed by atoms with Crippen molar-refractivity contribution in [3.8, 4) is 11.1 Å². The topological polar surface area (TPSA) is 20.6 Å². The summed E-state index contributed by atoms with van der Waals surface area (Å²) in [5.74, 6) is 0. The number of benzene rings is 2. The van der Waals surface area contributed by atoms with Gasteiger partial charge in [-0.15, -0.1) is 0 Å². The SMILES string of the molecule is CN(C)c1ccc(-c2ccccc2CN2CC[N]CC2)cc1. The van der Waals surface area contributed by atoms with Crippen LogP contribution in [0.2, 0.25) is 0 Å². The Balaban J connectivity index is 1.83. The van der Waals surface area contributed by atoms with Crippen LogP contribution in [-0.2, 0) is 6.54 Å². The van der Waals surface area contributed by atoms with Gasteiger partial charge in [0.25, 0.3) is 0 Å². The van der Waals surface area contributed by atoms with Crippen LogP contribution in [-0.4, -0.2) is 45.2 Å². The molecule has 22 heavy (non-hydrogen) atoms. The van der Waals surface area contributed by atoms with Crippen LogP contribution in [0.25, 0.3) is 11.1 Å². The molecule has 3 rings (SSSR count). The summed E-state index contributed by atoms with van der Waals surface area (Å²) >= 11 is 0. The van der Waals surface area contributed by atoms with Crippen molar-refractivity contribution in [2.24, 2.45) is 0 Å². The third kappa shape index (κ3) is 3.49. The molecule has 0 atom stereocenters. The average Bonchev–Trinajstić information content (AvgIpc) is 2.56. The number of anilines is 1. The van der Waals surface area contributed by atoms with E-state index in [0.29, 0.717) is 0 Å². The molecule has 0 unspecified atom stereocenters. The number of hydrogen-bond acceptors (Lipinski definition) is 2. The highest BCUT2D eigenvalue weighted by Crippen LogP contribution is 2.26. The highest BCUT2D eigenvalue weighted by molar-refractivity contribution is 5.69. The second-order valence-corrected chi connectivity index (χ2v) is 6.05. The summed E-state index contributed by atoms with van der Waals surface area (Å²) in [5.41, 5.74) is 5.28. The molecule has 0 aromatic heterocycles. The minimum Gasteiger partial charge on any atom is -0.378 e. The van der Waals surface area contributed by atoms with Crippen molar-refractivity contribution >= 4 is 5.69 Å². The van der Waals surface area contributed by atoms with Crippen molar-refractivity contribution in [1.29, 1.82) is 0 Å². The molecule has 2 aromatic rings. The van der Waals surface area contributed by atoms with E-state index in [1.165, 1.54) is 22.4 Å². The minimum atomic E-state index is 0.972. The molecule has 0 bridgehead atoms.